The standard InChI is InChI=1S/C21H40ClN.C17H37N.C16H33Br.C4H4Cl2.CH5N/c1-3-4-5-6-7-8-9-10-11-12-13-14-15-17-20-23(2)21-18-16-19-22;1-3-4-5-6-7-8-9-10-11-12-13-14-15-16-17-18-2;1-2-3-4-5-6-7-8-9-10-11-12-13-14-15-16-17;5-3-1-2-4-6;1-2/h3-15,17,19-21H2,1-2H3;18H,3-17H2,1-2H3;2-16H2,1H3;3-4H2;2H2,1H3. The van der Waals surface area contributed by atoms with Crippen molar-refractivity contribution in [2.24, 2.45) is 5.73 Å². The molecule has 0 aliphatic carbocycles. The van der Waals surface area contributed by atoms with E-state index >= 15 is 0 Å². The maximum absolute atomic E-state index is 5.53. The molecule has 0 aromatic heterocycles. The molecule has 0 atom stereocenters. The molecule has 0 heterocycles. The molecule has 0 aromatic rings. The molecule has 0 aliphatic rings. The lowest BCUT2D eigenvalue weighted by atomic mass is 10.0. The Kier molecular flexibility index (Phi) is 93.9. The van der Waals surface area contributed by atoms with E-state index in [9.17, 15) is 0 Å². The fourth-order valence-corrected chi connectivity index (χ4v) is 8.45. The second-order valence-electron chi connectivity index (χ2n) is 18.4. The van der Waals surface area contributed by atoms with Crippen molar-refractivity contribution in [1.29, 1.82) is 0 Å². The Hall–Kier alpha value is 0.350. The first-order valence-corrected chi connectivity index (χ1v) is 31.3. The van der Waals surface area contributed by atoms with Crippen molar-refractivity contribution in [2.45, 2.75) is 290 Å². The number of hydrogen-bond acceptors (Lipinski definition) is 3. The lowest BCUT2D eigenvalue weighted by Crippen LogP contribution is -2.19. The van der Waals surface area contributed by atoms with Gasteiger partial charge in [-0.05, 0) is 53.5 Å². The predicted octanol–water partition coefficient (Wildman–Crippen LogP) is 20.2. The topological polar surface area (TPSA) is 41.3 Å². The van der Waals surface area contributed by atoms with Crippen molar-refractivity contribution in [3.8, 4) is 23.7 Å². The number of nitrogens with two attached hydrogens (primary N) is 1. The molecule has 398 valence electrons. The quantitative estimate of drug-likeness (QED) is 0.0363. The van der Waals surface area contributed by atoms with Crippen LogP contribution in [-0.2, 0) is 0 Å². The molecular formula is C59H119BrCl3N3. The lowest BCUT2D eigenvalue weighted by molar-refractivity contribution is 0.360. The molecule has 0 spiro atoms. The monoisotopic (exact) mass is 1050 g/mol. The van der Waals surface area contributed by atoms with E-state index in [1.165, 1.54) is 289 Å². The highest BCUT2D eigenvalue weighted by atomic mass is 79.9. The van der Waals surface area contributed by atoms with Gasteiger partial charge in [-0.15, -0.1) is 34.8 Å². The molecule has 0 amide bonds. The van der Waals surface area contributed by atoms with E-state index in [4.69, 9.17) is 34.8 Å². The number of nitrogens with one attached hydrogen (secondary N) is 1. The number of alkyl halides is 4. The van der Waals surface area contributed by atoms with Crippen molar-refractivity contribution >= 4 is 50.7 Å². The van der Waals surface area contributed by atoms with Crippen LogP contribution in [0.5, 0.6) is 0 Å². The Labute approximate surface area is 441 Å². The van der Waals surface area contributed by atoms with Gasteiger partial charge in [0.25, 0.3) is 0 Å². The van der Waals surface area contributed by atoms with Crippen LogP contribution in [0.15, 0.2) is 0 Å². The average Bonchev–Trinajstić information content (AvgIpc) is 3.34. The third kappa shape index (κ3) is 90.7. The minimum atomic E-state index is 0.382. The van der Waals surface area contributed by atoms with Crippen molar-refractivity contribution in [1.82, 2.24) is 10.2 Å². The van der Waals surface area contributed by atoms with Gasteiger partial charge in [-0.3, -0.25) is 4.90 Å². The predicted molar refractivity (Wildman–Crippen MR) is 314 cm³/mol. The molecule has 0 bridgehead atoms. The van der Waals surface area contributed by atoms with Crippen LogP contribution in [0.4, 0.5) is 0 Å². The first kappa shape index (κ1) is 75.3. The Balaban J connectivity index is -0.000000263. The summed E-state index contributed by atoms with van der Waals surface area (Å²) in [4.78, 5) is 2.29. The molecule has 0 radical (unpaired) electrons. The van der Waals surface area contributed by atoms with Crippen LogP contribution in [-0.4, -0.2) is 68.6 Å². The summed E-state index contributed by atoms with van der Waals surface area (Å²) in [6.07, 6.45) is 60.5. The molecule has 66 heavy (non-hydrogen) atoms. The summed E-state index contributed by atoms with van der Waals surface area (Å²) in [7, 11) is 5.69. The van der Waals surface area contributed by atoms with Gasteiger partial charge in [0, 0.05) is 5.33 Å². The van der Waals surface area contributed by atoms with E-state index in [0.717, 1.165) is 13.1 Å². The molecule has 3 N–H and O–H groups in total. The molecule has 0 aromatic carbocycles. The lowest BCUT2D eigenvalue weighted by Gasteiger charge is -2.12. The molecule has 0 rings (SSSR count). The molecule has 0 saturated carbocycles. The molecule has 3 nitrogen and oxygen atoms in total. The van der Waals surface area contributed by atoms with Gasteiger partial charge in [-0.25, -0.2) is 0 Å². The Morgan fingerprint density at radius 3 is 0.833 bits per heavy atom. The zero-order valence-electron chi connectivity index (χ0n) is 45.7. The first-order chi connectivity index (χ1) is 32.6. The molecule has 0 aliphatic heterocycles. The van der Waals surface area contributed by atoms with Crippen LogP contribution in [0.3, 0.4) is 0 Å². The van der Waals surface area contributed by atoms with E-state index in [-0.39, 0.29) is 0 Å². The van der Waals surface area contributed by atoms with Gasteiger partial charge >= 0.3 is 0 Å². The van der Waals surface area contributed by atoms with E-state index in [0.29, 0.717) is 17.6 Å². The molecule has 0 fully saturated rings. The summed E-state index contributed by atoms with van der Waals surface area (Å²) >= 11 is 19.3. The summed E-state index contributed by atoms with van der Waals surface area (Å²) in [5.74, 6) is 12.4. The molecule has 7 heteroatoms. The minimum absolute atomic E-state index is 0.382. The molecule has 0 unspecified atom stereocenters. The van der Waals surface area contributed by atoms with Gasteiger partial charge in [0.05, 0.1) is 24.2 Å². The van der Waals surface area contributed by atoms with E-state index in [1.54, 1.807) is 0 Å². The number of rotatable bonds is 45. The summed E-state index contributed by atoms with van der Waals surface area (Å²) in [5.41, 5.74) is 4.50. The van der Waals surface area contributed by atoms with Crippen LogP contribution < -0.4 is 11.1 Å². The summed E-state index contributed by atoms with van der Waals surface area (Å²) in [6.45, 7) is 10.1. The second kappa shape index (κ2) is 82.3. The third-order valence-electron chi connectivity index (χ3n) is 12.0. The summed E-state index contributed by atoms with van der Waals surface area (Å²) in [5, 5.41) is 4.40. The smallest absolute Gasteiger partial charge is 0.0835 e. The van der Waals surface area contributed by atoms with Crippen molar-refractivity contribution in [2.75, 3.05) is 63.7 Å². The number of nitrogens with zero attached hydrogens (tertiary/aromatic N) is 1. The van der Waals surface area contributed by atoms with Crippen LogP contribution in [0.25, 0.3) is 0 Å². The fraction of sp³-hybridized carbons (Fsp3) is 0.932. The minimum Gasteiger partial charge on any atom is -0.333 e. The highest BCUT2D eigenvalue weighted by Gasteiger charge is 1.98. The van der Waals surface area contributed by atoms with Crippen LogP contribution in [0.2, 0.25) is 0 Å². The van der Waals surface area contributed by atoms with Gasteiger partial charge < -0.3 is 11.1 Å². The van der Waals surface area contributed by atoms with Crippen LogP contribution >= 0.6 is 50.7 Å². The SMILES string of the molecule is CCCCCCCCCCCCCCCCBr.CCCCCCCCCCCCCCCCN(C)CC#CCCl.CCCCCCCCCCCCCCCCNC.CN.ClCC#CCCl. The van der Waals surface area contributed by atoms with E-state index < -0.39 is 0 Å². The number of halogens is 4. The summed E-state index contributed by atoms with van der Waals surface area (Å²) < 4.78 is 0. The van der Waals surface area contributed by atoms with Crippen LogP contribution in [0.1, 0.15) is 290 Å². The first-order valence-electron chi connectivity index (χ1n) is 28.6. The maximum atomic E-state index is 5.53. The van der Waals surface area contributed by atoms with Gasteiger partial charge in [0.2, 0.25) is 0 Å². The van der Waals surface area contributed by atoms with Crippen molar-refractivity contribution < 1.29 is 0 Å². The number of unbranched alkanes of at least 4 members (excludes halogenated alkanes) is 39. The van der Waals surface area contributed by atoms with Crippen molar-refractivity contribution in [3.05, 3.63) is 0 Å². The van der Waals surface area contributed by atoms with Gasteiger partial charge in [-0.1, -0.05) is 311 Å². The number of hydrogen-bond donors (Lipinski definition) is 2. The Morgan fingerprint density at radius 1 is 0.364 bits per heavy atom. The second-order valence-corrected chi connectivity index (χ2v) is 20.0. The Morgan fingerprint density at radius 2 is 0.591 bits per heavy atom. The largest absolute Gasteiger partial charge is 0.333 e. The van der Waals surface area contributed by atoms with Gasteiger partial charge in [0.1, 0.15) is 0 Å². The van der Waals surface area contributed by atoms with Crippen LogP contribution in [0, 0.1) is 23.7 Å². The average molecular weight is 1060 g/mol. The highest BCUT2D eigenvalue weighted by Crippen LogP contribution is 2.15. The van der Waals surface area contributed by atoms with E-state index in [1.807, 2.05) is 7.05 Å². The van der Waals surface area contributed by atoms with Gasteiger partial charge in [0.15, 0.2) is 0 Å². The normalized spacial score (nSPS) is 10.2. The Bertz CT molecular complexity index is 849. The van der Waals surface area contributed by atoms with E-state index in [2.05, 4.69) is 83.4 Å². The fourth-order valence-electron chi connectivity index (χ4n) is 7.77. The van der Waals surface area contributed by atoms with Gasteiger partial charge in [-0.2, -0.15) is 0 Å². The summed E-state index contributed by atoms with van der Waals surface area (Å²) in [6, 6.07) is 0. The highest BCUT2D eigenvalue weighted by molar-refractivity contribution is 9.09. The third-order valence-corrected chi connectivity index (χ3v) is 12.9. The molecule has 0 saturated heterocycles. The zero-order chi connectivity index (χ0) is 49.8. The zero-order valence-corrected chi connectivity index (χ0v) is 49.5. The molecular weight excluding hydrogens is 937 g/mol. The maximum Gasteiger partial charge on any atom is 0.0835 e. The van der Waals surface area contributed by atoms with Crippen molar-refractivity contribution in [3.63, 3.8) is 0 Å².